The molecule has 9 heteroatoms. The maximum Gasteiger partial charge on any atom is 0.319 e. The van der Waals surface area contributed by atoms with E-state index in [9.17, 15) is 5.11 Å². The Labute approximate surface area is 237 Å². The highest BCUT2D eigenvalue weighted by molar-refractivity contribution is 6.35. The Hall–Kier alpha value is -3.20. The first kappa shape index (κ1) is 25.7. The van der Waals surface area contributed by atoms with Gasteiger partial charge in [0.25, 0.3) is 0 Å². The quantitative estimate of drug-likeness (QED) is 0.328. The molecule has 3 atom stereocenters. The van der Waals surface area contributed by atoms with E-state index in [0.29, 0.717) is 35.3 Å². The molecule has 0 saturated carbocycles. The fraction of sp³-hybridized carbons (Fsp3) is 0.419. The largest absolute Gasteiger partial charge is 0.508 e. The molecular weight excluding hydrogens is 529 g/mol. The monoisotopic (exact) mass is 561 g/mol. The average molecular weight is 562 g/mol. The fourth-order valence-corrected chi connectivity index (χ4v) is 7.02. The summed E-state index contributed by atoms with van der Waals surface area (Å²) in [6.45, 7) is 4.15. The van der Waals surface area contributed by atoms with Crippen LogP contribution in [-0.4, -0.2) is 71.9 Å². The molecule has 208 valence electrons. The molecule has 3 saturated heterocycles. The molecular formula is C31H33ClFN5O2. The summed E-state index contributed by atoms with van der Waals surface area (Å²) in [6.07, 6.45) is 4.37. The molecule has 2 unspecified atom stereocenters. The summed E-state index contributed by atoms with van der Waals surface area (Å²) >= 11 is 6.86. The van der Waals surface area contributed by atoms with E-state index >= 15 is 4.39 Å². The lowest BCUT2D eigenvalue weighted by molar-refractivity contribution is 0.188. The number of likely N-dealkylation sites (tertiary alicyclic amines) is 1. The molecule has 2 N–H and O–H groups in total. The van der Waals surface area contributed by atoms with Gasteiger partial charge in [-0.3, -0.25) is 0 Å². The van der Waals surface area contributed by atoms with Gasteiger partial charge in [0, 0.05) is 36.1 Å². The number of aromatic nitrogens is 2. The van der Waals surface area contributed by atoms with E-state index in [1.54, 1.807) is 18.2 Å². The third-order valence-electron chi connectivity index (χ3n) is 8.90. The number of nitrogens with one attached hydrogen (secondary N) is 1. The third kappa shape index (κ3) is 4.62. The Morgan fingerprint density at radius 1 is 1.12 bits per heavy atom. The molecule has 7 rings (SSSR count). The summed E-state index contributed by atoms with van der Waals surface area (Å²) in [5.74, 6) is 0.800. The van der Waals surface area contributed by atoms with Crippen molar-refractivity contribution in [2.75, 3.05) is 44.7 Å². The number of halogens is 2. The smallest absolute Gasteiger partial charge is 0.319 e. The number of rotatable bonds is 5. The van der Waals surface area contributed by atoms with Crippen LogP contribution in [0.4, 0.5) is 10.2 Å². The van der Waals surface area contributed by atoms with Crippen LogP contribution in [0.2, 0.25) is 5.02 Å². The first-order valence-electron chi connectivity index (χ1n) is 14.2. The Balaban J connectivity index is 1.38. The number of hydrogen-bond acceptors (Lipinski definition) is 7. The SMILES string of the molecule is CN1CCC[C@H]1COc1nc(N2CCC3CNC(C3)C2)c2cc(Cl)c(-c3cc(O)cc4ccccc34)c(F)c2n1. The maximum atomic E-state index is 16.7. The van der Waals surface area contributed by atoms with E-state index in [2.05, 4.69) is 27.1 Å². The van der Waals surface area contributed by atoms with E-state index in [1.165, 1.54) is 0 Å². The van der Waals surface area contributed by atoms with Crippen LogP contribution in [0.25, 0.3) is 32.8 Å². The first-order valence-corrected chi connectivity index (χ1v) is 14.6. The van der Waals surface area contributed by atoms with Crippen molar-refractivity contribution in [2.24, 2.45) is 5.92 Å². The number of anilines is 1. The summed E-state index contributed by atoms with van der Waals surface area (Å²) in [7, 11) is 2.10. The number of likely N-dealkylation sites (N-methyl/N-ethyl adjacent to an activating group) is 1. The van der Waals surface area contributed by atoms with Crippen molar-refractivity contribution in [3.05, 3.63) is 53.3 Å². The van der Waals surface area contributed by atoms with Crippen LogP contribution in [0.3, 0.4) is 0 Å². The summed E-state index contributed by atoms with van der Waals surface area (Å²) in [5.41, 5.74) is 0.907. The Morgan fingerprint density at radius 3 is 2.85 bits per heavy atom. The standard InChI is InChI=1S/C31H33ClFN5O2/c1-37-9-4-6-21(37)17-40-31-35-29-25(30(36-31)38-10-8-18-11-20(16-38)34-15-18)14-26(32)27(28(29)33)24-13-22(39)12-19-5-2-3-7-23(19)24/h2-3,5,7,12-14,18,20-21,34,39H,4,6,8-11,15-17H2,1H3/t18?,20?,21-/m0/s1. The molecule has 1 aromatic heterocycles. The van der Waals surface area contributed by atoms with Crippen molar-refractivity contribution in [3.8, 4) is 22.9 Å². The third-order valence-corrected chi connectivity index (χ3v) is 9.19. The van der Waals surface area contributed by atoms with Gasteiger partial charge in [-0.2, -0.15) is 9.97 Å². The van der Waals surface area contributed by atoms with E-state index in [1.807, 2.05) is 24.3 Å². The number of ether oxygens (including phenoxy) is 1. The lowest BCUT2D eigenvalue weighted by Gasteiger charge is -2.28. The molecule has 3 aliphatic rings. The molecule has 3 aliphatic heterocycles. The number of phenols is 1. The van der Waals surface area contributed by atoms with Crippen LogP contribution in [0.1, 0.15) is 25.7 Å². The van der Waals surface area contributed by atoms with Gasteiger partial charge in [0.05, 0.1) is 5.02 Å². The number of nitrogens with zero attached hydrogens (tertiary/aromatic N) is 4. The zero-order valence-corrected chi connectivity index (χ0v) is 23.3. The molecule has 0 aliphatic carbocycles. The number of fused-ring (bicyclic) bond motifs is 4. The zero-order valence-electron chi connectivity index (χ0n) is 22.5. The summed E-state index contributed by atoms with van der Waals surface area (Å²) in [6, 6.07) is 13.4. The van der Waals surface area contributed by atoms with Gasteiger partial charge in [0.1, 0.15) is 23.7 Å². The summed E-state index contributed by atoms with van der Waals surface area (Å²) < 4.78 is 22.9. The van der Waals surface area contributed by atoms with Gasteiger partial charge in [0.15, 0.2) is 5.82 Å². The van der Waals surface area contributed by atoms with Crippen LogP contribution in [0.15, 0.2) is 42.5 Å². The highest BCUT2D eigenvalue weighted by Crippen LogP contribution is 2.43. The number of hydrogen-bond donors (Lipinski definition) is 2. The Bertz CT molecular complexity index is 1600. The second kappa shape index (κ2) is 10.3. The molecule has 40 heavy (non-hydrogen) atoms. The van der Waals surface area contributed by atoms with Crippen molar-refractivity contribution in [1.29, 1.82) is 0 Å². The lowest BCUT2D eigenvalue weighted by atomic mass is 9.96. The van der Waals surface area contributed by atoms with Crippen LogP contribution in [0, 0.1) is 11.7 Å². The molecule has 3 fully saturated rings. The molecule has 2 bridgehead atoms. The predicted molar refractivity (Wildman–Crippen MR) is 157 cm³/mol. The van der Waals surface area contributed by atoms with Gasteiger partial charge in [-0.1, -0.05) is 35.9 Å². The molecule has 0 amide bonds. The maximum absolute atomic E-state index is 16.7. The van der Waals surface area contributed by atoms with E-state index in [0.717, 1.165) is 62.6 Å². The highest BCUT2D eigenvalue weighted by Gasteiger charge is 2.32. The first-order chi connectivity index (χ1) is 19.4. The summed E-state index contributed by atoms with van der Waals surface area (Å²) in [5, 5.41) is 16.5. The normalized spacial score (nSPS) is 23.3. The fourth-order valence-electron chi connectivity index (χ4n) is 6.72. The second-order valence-corrected chi connectivity index (χ2v) is 11.9. The van der Waals surface area contributed by atoms with E-state index < -0.39 is 5.82 Å². The molecule has 4 aromatic rings. The molecule has 3 aromatic carbocycles. The van der Waals surface area contributed by atoms with Gasteiger partial charge in [-0.25, -0.2) is 4.39 Å². The molecule has 7 nitrogen and oxygen atoms in total. The van der Waals surface area contributed by atoms with Crippen LogP contribution in [-0.2, 0) is 0 Å². The Morgan fingerprint density at radius 2 is 2.00 bits per heavy atom. The minimum Gasteiger partial charge on any atom is -0.508 e. The molecule has 0 spiro atoms. The van der Waals surface area contributed by atoms with Gasteiger partial charge in [-0.15, -0.1) is 0 Å². The number of benzene rings is 3. The van der Waals surface area contributed by atoms with E-state index in [-0.39, 0.29) is 33.9 Å². The topological polar surface area (TPSA) is 73.8 Å². The lowest BCUT2D eigenvalue weighted by Crippen LogP contribution is -2.39. The minimum atomic E-state index is -0.542. The number of phenolic OH excluding ortho intramolecular Hbond substituents is 1. The van der Waals surface area contributed by atoms with Gasteiger partial charge in [-0.05, 0) is 86.3 Å². The van der Waals surface area contributed by atoms with Gasteiger partial charge in [0.2, 0.25) is 0 Å². The van der Waals surface area contributed by atoms with Crippen molar-refractivity contribution in [2.45, 2.75) is 37.8 Å². The molecule has 0 radical (unpaired) electrons. The zero-order chi connectivity index (χ0) is 27.4. The predicted octanol–water partition coefficient (Wildman–Crippen LogP) is 5.61. The van der Waals surface area contributed by atoms with Crippen molar-refractivity contribution in [1.82, 2.24) is 20.2 Å². The summed E-state index contributed by atoms with van der Waals surface area (Å²) in [4.78, 5) is 14.0. The van der Waals surface area contributed by atoms with Crippen molar-refractivity contribution >= 4 is 39.1 Å². The second-order valence-electron chi connectivity index (χ2n) is 11.5. The van der Waals surface area contributed by atoms with Crippen molar-refractivity contribution < 1.29 is 14.2 Å². The highest BCUT2D eigenvalue weighted by atomic mass is 35.5. The van der Waals surface area contributed by atoms with Gasteiger partial charge >= 0.3 is 6.01 Å². The van der Waals surface area contributed by atoms with Gasteiger partial charge < -0.3 is 25.0 Å². The average Bonchev–Trinajstić information content (AvgIpc) is 3.50. The van der Waals surface area contributed by atoms with E-state index in [4.69, 9.17) is 21.3 Å². The Kier molecular flexibility index (Phi) is 6.65. The van der Waals surface area contributed by atoms with Crippen LogP contribution < -0.4 is 15.0 Å². The van der Waals surface area contributed by atoms with Crippen LogP contribution >= 0.6 is 11.6 Å². The number of aromatic hydroxyl groups is 1. The van der Waals surface area contributed by atoms with Crippen molar-refractivity contribution in [3.63, 3.8) is 0 Å². The van der Waals surface area contributed by atoms with Crippen LogP contribution in [0.5, 0.6) is 11.8 Å². The minimum absolute atomic E-state index is 0.0458. The molecule has 4 heterocycles.